The van der Waals surface area contributed by atoms with Crippen LogP contribution in [0.25, 0.3) is 0 Å². The molecule has 1 aliphatic rings. The second kappa shape index (κ2) is 5.32. The van der Waals surface area contributed by atoms with Crippen LogP contribution in [0.2, 0.25) is 0 Å². The van der Waals surface area contributed by atoms with Gasteiger partial charge in [0.15, 0.2) is 0 Å². The van der Waals surface area contributed by atoms with Crippen molar-refractivity contribution in [1.29, 1.82) is 5.41 Å². The molecule has 1 aromatic rings. The molecule has 2 rings (SSSR count). The molecule has 1 unspecified atom stereocenters. The summed E-state index contributed by atoms with van der Waals surface area (Å²) < 4.78 is 0. The van der Waals surface area contributed by atoms with Gasteiger partial charge < -0.3 is 5.73 Å². The number of nitrogens with two attached hydrogens (primary N) is 1. The number of aryl methyl sites for hydroxylation is 1. The molecule has 0 amide bonds. The highest BCUT2D eigenvalue weighted by Gasteiger charge is 2.22. The van der Waals surface area contributed by atoms with Gasteiger partial charge in [0.2, 0.25) is 0 Å². The van der Waals surface area contributed by atoms with Gasteiger partial charge in [-0.25, -0.2) is 0 Å². The molecule has 3 nitrogen and oxygen atoms in total. The standard InChI is InChI=1S/C14H21N3/c1-2-13(14(15)16)17-9-5-8-11-6-3-4-7-12(11)10-17/h3-4,6-7,13H,2,5,8-10H2,1H3,(H3,15,16). The summed E-state index contributed by atoms with van der Waals surface area (Å²) in [7, 11) is 0. The van der Waals surface area contributed by atoms with Crippen LogP contribution < -0.4 is 5.73 Å². The molecular formula is C14H21N3. The van der Waals surface area contributed by atoms with Crippen LogP contribution in [0.4, 0.5) is 0 Å². The zero-order valence-corrected chi connectivity index (χ0v) is 10.4. The van der Waals surface area contributed by atoms with Crippen molar-refractivity contribution in [3.05, 3.63) is 35.4 Å². The van der Waals surface area contributed by atoms with Gasteiger partial charge in [0.25, 0.3) is 0 Å². The lowest BCUT2D eigenvalue weighted by atomic mass is 10.0. The number of nitrogens with zero attached hydrogens (tertiary/aromatic N) is 1. The molecule has 0 aromatic heterocycles. The molecule has 1 heterocycles. The molecule has 0 bridgehead atoms. The van der Waals surface area contributed by atoms with Gasteiger partial charge in [0, 0.05) is 6.54 Å². The minimum Gasteiger partial charge on any atom is -0.386 e. The predicted octanol–water partition coefficient (Wildman–Crippen LogP) is 2.15. The van der Waals surface area contributed by atoms with E-state index < -0.39 is 0 Å². The Kier molecular flexibility index (Phi) is 3.79. The Bertz CT molecular complexity index is 400. The summed E-state index contributed by atoms with van der Waals surface area (Å²) in [5.41, 5.74) is 8.54. The van der Waals surface area contributed by atoms with Crippen molar-refractivity contribution < 1.29 is 0 Å². The van der Waals surface area contributed by atoms with Crippen LogP contribution >= 0.6 is 0 Å². The highest BCUT2D eigenvalue weighted by atomic mass is 15.2. The van der Waals surface area contributed by atoms with E-state index in [-0.39, 0.29) is 6.04 Å². The van der Waals surface area contributed by atoms with E-state index in [9.17, 15) is 0 Å². The Morgan fingerprint density at radius 1 is 1.41 bits per heavy atom. The van der Waals surface area contributed by atoms with Crippen LogP contribution in [0.15, 0.2) is 24.3 Å². The van der Waals surface area contributed by atoms with Gasteiger partial charge in [0.05, 0.1) is 6.04 Å². The maximum Gasteiger partial charge on any atom is 0.108 e. The van der Waals surface area contributed by atoms with Crippen molar-refractivity contribution in [2.24, 2.45) is 5.73 Å². The summed E-state index contributed by atoms with van der Waals surface area (Å²) in [5, 5.41) is 7.68. The zero-order valence-electron chi connectivity index (χ0n) is 10.4. The van der Waals surface area contributed by atoms with Gasteiger partial charge in [-0.05, 0) is 36.9 Å². The Morgan fingerprint density at radius 3 is 2.76 bits per heavy atom. The Balaban J connectivity index is 2.20. The average Bonchev–Trinajstić information content (AvgIpc) is 2.51. The topological polar surface area (TPSA) is 53.1 Å². The van der Waals surface area contributed by atoms with E-state index in [2.05, 4.69) is 36.1 Å². The van der Waals surface area contributed by atoms with Crippen LogP contribution in [-0.4, -0.2) is 23.3 Å². The van der Waals surface area contributed by atoms with Crippen molar-refractivity contribution in [2.75, 3.05) is 6.54 Å². The lowest BCUT2D eigenvalue weighted by Crippen LogP contribution is -2.43. The number of nitrogens with one attached hydrogen (secondary N) is 1. The number of fused-ring (bicyclic) bond motifs is 1. The second-order valence-corrected chi connectivity index (χ2v) is 4.72. The van der Waals surface area contributed by atoms with Crippen LogP contribution in [0.3, 0.4) is 0 Å². The summed E-state index contributed by atoms with van der Waals surface area (Å²) in [5.74, 6) is 0.298. The zero-order chi connectivity index (χ0) is 12.3. The minimum atomic E-state index is 0.0983. The quantitative estimate of drug-likeness (QED) is 0.618. The molecule has 17 heavy (non-hydrogen) atoms. The van der Waals surface area contributed by atoms with Gasteiger partial charge in [0.1, 0.15) is 5.84 Å². The first-order chi connectivity index (χ1) is 8.22. The van der Waals surface area contributed by atoms with E-state index in [1.54, 1.807) is 0 Å². The summed E-state index contributed by atoms with van der Waals surface area (Å²) in [6.45, 7) is 4.06. The molecule has 1 atom stereocenters. The van der Waals surface area contributed by atoms with Crippen molar-refractivity contribution in [3.63, 3.8) is 0 Å². The minimum absolute atomic E-state index is 0.0983. The number of amidine groups is 1. The van der Waals surface area contributed by atoms with Crippen LogP contribution in [0, 0.1) is 5.41 Å². The fourth-order valence-corrected chi connectivity index (χ4v) is 2.67. The van der Waals surface area contributed by atoms with Gasteiger partial charge in [-0.3, -0.25) is 10.3 Å². The summed E-state index contributed by atoms with van der Waals surface area (Å²) in [6, 6.07) is 8.71. The highest BCUT2D eigenvalue weighted by molar-refractivity contribution is 5.82. The Hall–Kier alpha value is -1.35. The van der Waals surface area contributed by atoms with Gasteiger partial charge in [-0.15, -0.1) is 0 Å². The second-order valence-electron chi connectivity index (χ2n) is 4.72. The number of benzene rings is 1. The lowest BCUT2D eigenvalue weighted by molar-refractivity contribution is 0.230. The van der Waals surface area contributed by atoms with E-state index in [1.807, 2.05) is 0 Å². The normalized spacial score (nSPS) is 18.2. The fourth-order valence-electron chi connectivity index (χ4n) is 2.67. The van der Waals surface area contributed by atoms with Crippen molar-refractivity contribution in [2.45, 2.75) is 38.8 Å². The van der Waals surface area contributed by atoms with Crippen molar-refractivity contribution in [1.82, 2.24) is 4.90 Å². The average molecular weight is 231 g/mol. The van der Waals surface area contributed by atoms with Gasteiger partial charge in [-0.1, -0.05) is 31.2 Å². The molecule has 1 aliphatic heterocycles. The molecule has 0 spiro atoms. The molecule has 3 N–H and O–H groups in total. The Morgan fingerprint density at radius 2 is 2.12 bits per heavy atom. The van der Waals surface area contributed by atoms with E-state index in [1.165, 1.54) is 11.1 Å². The van der Waals surface area contributed by atoms with Gasteiger partial charge >= 0.3 is 0 Å². The molecule has 0 radical (unpaired) electrons. The van der Waals surface area contributed by atoms with E-state index in [0.717, 1.165) is 32.4 Å². The summed E-state index contributed by atoms with van der Waals surface area (Å²) >= 11 is 0. The fraction of sp³-hybridized carbons (Fsp3) is 0.500. The number of rotatable bonds is 3. The number of hydrogen-bond donors (Lipinski definition) is 2. The monoisotopic (exact) mass is 231 g/mol. The smallest absolute Gasteiger partial charge is 0.108 e. The predicted molar refractivity (Wildman–Crippen MR) is 71.2 cm³/mol. The maximum absolute atomic E-state index is 7.68. The largest absolute Gasteiger partial charge is 0.386 e. The molecule has 0 aliphatic carbocycles. The SMILES string of the molecule is CCC(C(=N)N)N1CCCc2ccccc2C1. The molecule has 1 aromatic carbocycles. The third-order valence-corrected chi connectivity index (χ3v) is 3.57. The van der Waals surface area contributed by atoms with E-state index >= 15 is 0 Å². The molecule has 92 valence electrons. The van der Waals surface area contributed by atoms with Gasteiger partial charge in [-0.2, -0.15) is 0 Å². The Labute approximate surface area is 103 Å². The van der Waals surface area contributed by atoms with Crippen molar-refractivity contribution in [3.8, 4) is 0 Å². The summed E-state index contributed by atoms with van der Waals surface area (Å²) in [4.78, 5) is 2.34. The first-order valence-corrected chi connectivity index (χ1v) is 6.37. The lowest BCUT2D eigenvalue weighted by Gasteiger charge is -2.29. The van der Waals surface area contributed by atoms with E-state index in [0.29, 0.717) is 5.84 Å². The van der Waals surface area contributed by atoms with Crippen LogP contribution in [0.5, 0.6) is 0 Å². The molecule has 0 saturated heterocycles. The molecule has 0 saturated carbocycles. The summed E-state index contributed by atoms with van der Waals surface area (Å²) in [6.07, 6.45) is 3.21. The highest BCUT2D eigenvalue weighted by Crippen LogP contribution is 2.20. The van der Waals surface area contributed by atoms with Crippen LogP contribution in [-0.2, 0) is 13.0 Å². The first-order valence-electron chi connectivity index (χ1n) is 6.37. The van der Waals surface area contributed by atoms with Crippen molar-refractivity contribution >= 4 is 5.84 Å². The third-order valence-electron chi connectivity index (χ3n) is 3.57. The maximum atomic E-state index is 7.68. The molecule has 3 heteroatoms. The first kappa shape index (κ1) is 12.1. The van der Waals surface area contributed by atoms with Crippen LogP contribution in [0.1, 0.15) is 30.9 Å². The third kappa shape index (κ3) is 2.67. The number of hydrogen-bond acceptors (Lipinski definition) is 2. The molecule has 0 fully saturated rings. The van der Waals surface area contributed by atoms with E-state index in [4.69, 9.17) is 11.1 Å². The molecular weight excluding hydrogens is 210 g/mol.